The van der Waals surface area contributed by atoms with E-state index in [0.717, 1.165) is 72.1 Å². The molecule has 4 aromatic carbocycles. The van der Waals surface area contributed by atoms with Gasteiger partial charge >= 0.3 is 0 Å². The fourth-order valence-corrected chi connectivity index (χ4v) is 12.9. The zero-order chi connectivity index (χ0) is 42.3. The molecule has 64 heavy (non-hydrogen) atoms. The van der Waals surface area contributed by atoms with Gasteiger partial charge in [-0.15, -0.1) is 26.3 Å². The topological polar surface area (TPSA) is 44.2 Å². The first-order valence-corrected chi connectivity index (χ1v) is 23.1. The largest absolute Gasteiger partial charge is 1.00 e. The molecule has 6 saturated heterocycles. The van der Waals surface area contributed by atoms with Gasteiger partial charge in [-0.2, -0.15) is 0 Å². The van der Waals surface area contributed by atoms with Crippen LogP contribution in [-0.4, -0.2) is 70.4 Å². The molecule has 2 unspecified atom stereocenters. The van der Waals surface area contributed by atoms with E-state index in [4.69, 9.17) is 19.4 Å². The van der Waals surface area contributed by atoms with Crippen molar-refractivity contribution in [1.29, 1.82) is 0 Å². The Bertz CT molecular complexity index is 2460. The summed E-state index contributed by atoms with van der Waals surface area (Å²) in [5, 5.41) is 4.98. The van der Waals surface area contributed by atoms with Gasteiger partial charge in [0, 0.05) is 71.8 Å². The summed E-state index contributed by atoms with van der Waals surface area (Å²) >= 11 is 0. The van der Waals surface area contributed by atoms with Gasteiger partial charge in [0.2, 0.25) is 0 Å². The number of rotatable bonds is 16. The monoisotopic (exact) mass is 980 g/mol. The van der Waals surface area contributed by atoms with Crippen molar-refractivity contribution in [1.82, 2.24) is 9.97 Å². The third-order valence-electron chi connectivity index (χ3n) is 15.8. The van der Waals surface area contributed by atoms with Crippen LogP contribution in [0, 0.1) is 23.7 Å². The van der Waals surface area contributed by atoms with Crippen LogP contribution in [0.15, 0.2) is 160 Å². The molecule has 6 aromatic rings. The molecule has 0 spiro atoms. The van der Waals surface area contributed by atoms with Gasteiger partial charge in [-0.1, -0.05) is 85.0 Å². The molecule has 8 heterocycles. The highest BCUT2D eigenvalue weighted by molar-refractivity contribution is 5.84. The molecule has 6 nitrogen and oxygen atoms in total. The molecule has 0 saturated carbocycles. The maximum atomic E-state index is 6.89. The Kier molecular flexibility index (Phi) is 14.2. The minimum Gasteiger partial charge on any atom is -1.00 e. The highest BCUT2D eigenvalue weighted by atomic mass is 79.9. The zero-order valence-electron chi connectivity index (χ0n) is 37.0. The van der Waals surface area contributed by atoms with E-state index in [1.54, 1.807) is 0 Å². The Balaban J connectivity index is 0.00000280. The molecule has 0 aliphatic carbocycles. The van der Waals surface area contributed by atoms with E-state index in [2.05, 4.69) is 136 Å². The molecular weight excluding hydrogens is 920 g/mol. The van der Waals surface area contributed by atoms with E-state index in [1.165, 1.54) is 56.6 Å². The van der Waals surface area contributed by atoms with Crippen LogP contribution < -0.4 is 34.0 Å². The first-order valence-electron chi connectivity index (χ1n) is 23.1. The average molecular weight is 983 g/mol. The molecule has 6 fully saturated rings. The summed E-state index contributed by atoms with van der Waals surface area (Å²) in [6.07, 6.45) is 16.7. The second-order valence-electron chi connectivity index (χ2n) is 19.0. The van der Waals surface area contributed by atoms with Gasteiger partial charge in [0.25, 0.3) is 0 Å². The average Bonchev–Trinajstić information content (AvgIpc) is 3.32. The second kappa shape index (κ2) is 19.7. The third kappa shape index (κ3) is 8.51. The summed E-state index contributed by atoms with van der Waals surface area (Å²) in [7, 11) is 0. The number of aromatic nitrogens is 2. The number of para-hydroxylation sites is 2. The molecule has 332 valence electrons. The Morgan fingerprint density at radius 3 is 1.47 bits per heavy atom. The van der Waals surface area contributed by atoms with E-state index < -0.39 is 0 Å². The van der Waals surface area contributed by atoms with Crippen molar-refractivity contribution in [3.8, 4) is 0 Å². The number of piperidine rings is 6. The van der Waals surface area contributed by atoms with E-state index in [0.29, 0.717) is 49.0 Å². The predicted molar refractivity (Wildman–Crippen MR) is 253 cm³/mol. The summed E-state index contributed by atoms with van der Waals surface area (Å²) in [5.74, 6) is 2.24. The van der Waals surface area contributed by atoms with Gasteiger partial charge in [0.15, 0.2) is 0 Å². The molecule has 2 aromatic heterocycles. The van der Waals surface area contributed by atoms with Crippen molar-refractivity contribution in [2.24, 2.45) is 23.7 Å². The van der Waals surface area contributed by atoms with Crippen LogP contribution in [0.3, 0.4) is 0 Å². The second-order valence-corrected chi connectivity index (χ2v) is 19.0. The number of fused-ring (bicyclic) bond motifs is 9. The first-order chi connectivity index (χ1) is 30.4. The molecule has 0 radical (unpaired) electrons. The summed E-state index contributed by atoms with van der Waals surface area (Å²) in [5.41, 5.74) is 7.30. The van der Waals surface area contributed by atoms with Crippen LogP contribution in [0.25, 0.3) is 32.6 Å². The van der Waals surface area contributed by atoms with Crippen LogP contribution in [0.1, 0.15) is 60.1 Å². The Hall–Kier alpha value is -4.28. The van der Waals surface area contributed by atoms with E-state index in [-0.39, 0.29) is 46.2 Å². The van der Waals surface area contributed by atoms with Crippen LogP contribution in [0.2, 0.25) is 0 Å². The molecule has 0 amide bonds. The fraction of sp³-hybridized carbons (Fsp3) is 0.357. The normalized spacial score (nSPS) is 27.9. The number of ether oxygens (including phenoxy) is 2. The van der Waals surface area contributed by atoms with E-state index in [9.17, 15) is 0 Å². The van der Waals surface area contributed by atoms with Crippen LogP contribution >= 0.6 is 0 Å². The molecule has 0 N–H and O–H groups in total. The highest BCUT2D eigenvalue weighted by Gasteiger charge is 2.56. The summed E-state index contributed by atoms with van der Waals surface area (Å²) in [6.45, 7) is 24.3. The standard InChI is InChI=1S/C56H62N4O2.2BrH/c1-5-29-61-55(49-21-25-57-51-15-11-9-13-47(49)51)53-33-44-23-27-59(53,37-41(44)7-3)35-39-17-19-43-20-18-40(32-46(43)31-39)36-60-28-24-45(42(8-4)38-60)34-54(60)56(62-30-6-2)50-22-26-58-52-16-12-10-14-48(50)52;;/h5-22,25-26,31-32,41-42,44-45,53-56H,1-4,23-24,27-30,33-38H2;2*1H/q+2;;/p-2/t41-,42-,44-,45+,53-,54-,55+,56+,59?,60?;;/m0../s1. The number of hydrogen-bond acceptors (Lipinski definition) is 4. The molecule has 8 heteroatoms. The van der Waals surface area contributed by atoms with Crippen molar-refractivity contribution in [2.45, 2.75) is 63.1 Å². The lowest BCUT2D eigenvalue weighted by molar-refractivity contribution is -0.985. The molecule has 6 aliphatic rings. The van der Waals surface area contributed by atoms with Crippen molar-refractivity contribution in [3.63, 3.8) is 0 Å². The molecular formula is C56H62Br2N4O2. The summed E-state index contributed by atoms with van der Waals surface area (Å²) in [4.78, 5) is 9.48. The molecule has 6 aliphatic heterocycles. The lowest BCUT2D eigenvalue weighted by Crippen LogP contribution is -3.00. The van der Waals surface area contributed by atoms with Crippen LogP contribution in [-0.2, 0) is 22.6 Å². The minimum atomic E-state index is -0.0686. The van der Waals surface area contributed by atoms with Gasteiger partial charge in [-0.3, -0.25) is 9.97 Å². The van der Waals surface area contributed by atoms with Crippen LogP contribution in [0.4, 0.5) is 0 Å². The maximum absolute atomic E-state index is 6.89. The molecule has 4 bridgehead atoms. The number of nitrogens with zero attached hydrogens (tertiary/aromatic N) is 4. The number of benzene rings is 4. The van der Waals surface area contributed by atoms with Gasteiger partial charge in [-0.05, 0) is 70.1 Å². The van der Waals surface area contributed by atoms with E-state index >= 15 is 0 Å². The van der Waals surface area contributed by atoms with Crippen LogP contribution in [0.5, 0.6) is 0 Å². The van der Waals surface area contributed by atoms with Crippen molar-refractivity contribution >= 4 is 32.6 Å². The maximum Gasteiger partial charge on any atom is 0.135 e. The van der Waals surface area contributed by atoms with Gasteiger partial charge in [0.05, 0.1) is 50.4 Å². The SMILES string of the molecule is C=CCO[C@H](c1ccnc2ccccc12)[C@@H]1C[C@H]2CC[N+]1(Cc1ccc3ccc(C[N+]45CC[C@@H](C[C@H]4[C@H](OCC=C)c4ccnc6ccccc46)[C@@H](C=C)C5)cc3c1)C[C@@H]2C=C.[Br-].[Br-]. The lowest BCUT2D eigenvalue weighted by atomic mass is 9.71. The predicted octanol–water partition coefficient (Wildman–Crippen LogP) is 5.65. The highest BCUT2D eigenvalue weighted by Crippen LogP contribution is 2.51. The van der Waals surface area contributed by atoms with Crippen molar-refractivity contribution in [3.05, 3.63) is 182 Å². The zero-order valence-corrected chi connectivity index (χ0v) is 40.2. The number of halogens is 2. The number of pyridine rings is 2. The molecule has 10 atom stereocenters. The number of quaternary nitrogens is 2. The Morgan fingerprint density at radius 1 is 0.578 bits per heavy atom. The minimum absolute atomic E-state index is 0. The first kappa shape index (κ1) is 46.3. The third-order valence-corrected chi connectivity index (χ3v) is 15.8. The summed E-state index contributed by atoms with van der Waals surface area (Å²) < 4.78 is 15.8. The van der Waals surface area contributed by atoms with Crippen molar-refractivity contribution in [2.75, 3.05) is 39.4 Å². The smallest absolute Gasteiger partial charge is 0.135 e. The van der Waals surface area contributed by atoms with Gasteiger partial charge < -0.3 is 52.4 Å². The number of hydrogen-bond donors (Lipinski definition) is 0. The quantitative estimate of drug-likeness (QED) is 0.0930. The van der Waals surface area contributed by atoms with Crippen molar-refractivity contribution < 1.29 is 52.4 Å². The Morgan fingerprint density at radius 2 is 1.03 bits per heavy atom. The lowest BCUT2D eigenvalue weighted by Gasteiger charge is -2.58. The van der Waals surface area contributed by atoms with Gasteiger partial charge in [-0.25, -0.2) is 0 Å². The summed E-state index contributed by atoms with van der Waals surface area (Å²) in [6, 6.07) is 36.6. The van der Waals surface area contributed by atoms with E-state index in [1.807, 2.05) is 24.5 Å². The Labute approximate surface area is 401 Å². The molecule has 12 rings (SSSR count). The van der Waals surface area contributed by atoms with Gasteiger partial charge in [0.1, 0.15) is 37.4 Å². The fourth-order valence-electron chi connectivity index (χ4n) is 12.9.